The van der Waals surface area contributed by atoms with Crippen LogP contribution in [0.25, 0.3) is 0 Å². The molecule has 0 amide bonds. The summed E-state index contributed by atoms with van der Waals surface area (Å²) < 4.78 is 13.2. The maximum Gasteiger partial charge on any atom is 0.192 e. The van der Waals surface area contributed by atoms with Crippen molar-refractivity contribution in [1.29, 1.82) is 0 Å². The average molecular weight is 353 g/mol. The van der Waals surface area contributed by atoms with Gasteiger partial charge in [-0.2, -0.15) is 0 Å². The number of allylic oxidation sites excluding steroid dienone is 1. The van der Waals surface area contributed by atoms with Gasteiger partial charge in [0.15, 0.2) is 14.1 Å². The Morgan fingerprint density at radius 2 is 2.00 bits per heavy atom. The number of fused-ring (bicyclic) bond motifs is 4. The average Bonchev–Trinajstić information content (AvgIpc) is 2.60. The molecule has 3 rings (SSSR count). The van der Waals surface area contributed by atoms with E-state index in [1.165, 1.54) is 5.57 Å². The summed E-state index contributed by atoms with van der Waals surface area (Å²) in [6.07, 6.45) is 5.25. The van der Waals surface area contributed by atoms with Gasteiger partial charge in [0.05, 0.1) is 11.7 Å². The summed E-state index contributed by atoms with van der Waals surface area (Å²) in [6, 6.07) is 0. The van der Waals surface area contributed by atoms with Gasteiger partial charge in [0.2, 0.25) is 0 Å². The number of hydrogen-bond acceptors (Lipinski definition) is 3. The molecule has 3 fully saturated rings. The Morgan fingerprint density at radius 3 is 2.54 bits per heavy atom. The Kier molecular flexibility index (Phi) is 5.54. The smallest absolute Gasteiger partial charge is 0.192 e. The number of rotatable bonds is 4. The molecule has 2 aliphatic heterocycles. The third kappa shape index (κ3) is 4.02. The van der Waals surface area contributed by atoms with Crippen molar-refractivity contribution in [3.8, 4) is 0 Å². The van der Waals surface area contributed by atoms with Crippen molar-refractivity contribution in [2.75, 3.05) is 0 Å². The Labute approximate surface area is 149 Å². The van der Waals surface area contributed by atoms with E-state index in [0.717, 1.165) is 19.3 Å². The Morgan fingerprint density at radius 1 is 1.38 bits per heavy atom. The zero-order valence-electron chi connectivity index (χ0n) is 16.9. The molecule has 3 unspecified atom stereocenters. The lowest BCUT2D eigenvalue weighted by molar-refractivity contribution is -0.149. The van der Waals surface area contributed by atoms with E-state index in [2.05, 4.69) is 60.7 Å². The normalized spacial score (nSPS) is 34.2. The molecule has 2 heterocycles. The van der Waals surface area contributed by atoms with Gasteiger partial charge >= 0.3 is 0 Å². The molecule has 24 heavy (non-hydrogen) atoms. The fourth-order valence-corrected chi connectivity index (χ4v) is 4.91. The first-order valence-corrected chi connectivity index (χ1v) is 12.3. The highest BCUT2D eigenvalue weighted by Crippen LogP contribution is 2.46. The summed E-state index contributed by atoms with van der Waals surface area (Å²) >= 11 is 0. The van der Waals surface area contributed by atoms with Crippen LogP contribution in [-0.4, -0.2) is 31.9 Å². The van der Waals surface area contributed by atoms with E-state index in [1.54, 1.807) is 0 Å². The van der Waals surface area contributed by atoms with Gasteiger partial charge < -0.3 is 9.16 Å². The number of carbonyl (C=O) groups is 1. The highest BCUT2D eigenvalue weighted by Gasteiger charge is 2.53. The monoisotopic (exact) mass is 352 g/mol. The van der Waals surface area contributed by atoms with Gasteiger partial charge in [0.1, 0.15) is 6.10 Å². The summed E-state index contributed by atoms with van der Waals surface area (Å²) in [6.45, 7) is 17.7. The molecule has 3 nitrogen and oxygen atoms in total. The van der Waals surface area contributed by atoms with Crippen LogP contribution in [0.1, 0.15) is 67.2 Å². The first-order valence-electron chi connectivity index (χ1n) is 9.38. The number of ether oxygens (including phenoxy) is 1. The topological polar surface area (TPSA) is 35.5 Å². The molecule has 2 saturated heterocycles. The Hall–Kier alpha value is -0.453. The van der Waals surface area contributed by atoms with Gasteiger partial charge in [-0.25, -0.2) is 0 Å². The molecule has 1 aliphatic carbocycles. The van der Waals surface area contributed by atoms with Crippen LogP contribution < -0.4 is 0 Å². The molecule has 1 saturated carbocycles. The summed E-state index contributed by atoms with van der Waals surface area (Å²) in [5.74, 6) is 0.392. The fraction of sp³-hybridized carbons (Fsp3) is 0.850. The van der Waals surface area contributed by atoms with Crippen molar-refractivity contribution in [1.82, 2.24) is 0 Å². The van der Waals surface area contributed by atoms with Crippen molar-refractivity contribution < 1.29 is 14.0 Å². The number of hydrogen-bond donors (Lipinski definition) is 0. The van der Waals surface area contributed by atoms with Gasteiger partial charge in [-0.3, -0.25) is 4.79 Å². The number of carbonyl (C=O) groups excluding carboxylic acids is 1. The first kappa shape index (κ1) is 19.9. The Bertz CT molecular complexity index is 513. The molecule has 0 N–H and O–H groups in total. The molecule has 0 spiro atoms. The quantitative estimate of drug-likeness (QED) is 0.511. The lowest BCUT2D eigenvalue weighted by Crippen LogP contribution is -2.54. The van der Waals surface area contributed by atoms with Crippen LogP contribution in [0.2, 0.25) is 18.1 Å². The van der Waals surface area contributed by atoms with Crippen molar-refractivity contribution in [2.45, 2.75) is 103 Å². The molecule has 0 aromatic rings. The highest BCUT2D eigenvalue weighted by molar-refractivity contribution is 6.74. The Balaban J connectivity index is 2.23. The third-order valence-electron chi connectivity index (χ3n) is 6.28. The second-order valence-corrected chi connectivity index (χ2v) is 14.4. The van der Waals surface area contributed by atoms with Crippen LogP contribution in [-0.2, 0) is 14.0 Å². The van der Waals surface area contributed by atoms with Crippen LogP contribution in [0.4, 0.5) is 0 Å². The lowest BCUT2D eigenvalue weighted by Gasteiger charge is -2.47. The molecule has 0 aromatic heterocycles. The molecular weight excluding hydrogens is 316 g/mol. The minimum Gasteiger partial charge on any atom is -0.411 e. The van der Waals surface area contributed by atoms with Gasteiger partial charge in [0, 0.05) is 5.92 Å². The van der Waals surface area contributed by atoms with Gasteiger partial charge in [-0.15, -0.1) is 0 Å². The molecule has 3 aliphatic rings. The molecule has 4 heteroatoms. The van der Waals surface area contributed by atoms with E-state index in [0.29, 0.717) is 6.42 Å². The SMILES string of the molecule is CC(C)=CC[C@H]1OC2(C)CCC(CC2O[Si](C)(C)C(C)(C)C)C1=O. The summed E-state index contributed by atoms with van der Waals surface area (Å²) in [5, 5.41) is 0.167. The minimum absolute atomic E-state index is 0.0396. The molecular formula is C20H36O3Si. The molecule has 4 atom stereocenters. The molecule has 138 valence electrons. The van der Waals surface area contributed by atoms with E-state index in [-0.39, 0.29) is 34.5 Å². The second kappa shape index (κ2) is 6.69. The molecule has 2 bridgehead atoms. The van der Waals surface area contributed by atoms with Crippen LogP contribution in [0.3, 0.4) is 0 Å². The van der Waals surface area contributed by atoms with E-state index in [4.69, 9.17) is 9.16 Å². The largest absolute Gasteiger partial charge is 0.411 e. The van der Waals surface area contributed by atoms with E-state index in [9.17, 15) is 4.79 Å². The zero-order valence-corrected chi connectivity index (χ0v) is 17.9. The minimum atomic E-state index is -1.88. The summed E-state index contributed by atoms with van der Waals surface area (Å²) in [4.78, 5) is 12.9. The first-order chi connectivity index (χ1) is 10.9. The van der Waals surface area contributed by atoms with Crippen molar-refractivity contribution in [3.05, 3.63) is 11.6 Å². The van der Waals surface area contributed by atoms with Gasteiger partial charge in [-0.1, -0.05) is 32.4 Å². The van der Waals surface area contributed by atoms with Crippen LogP contribution >= 0.6 is 0 Å². The standard InChI is InChI=1S/C20H36O3Si/c1-14(2)9-10-16-18(21)15-11-12-20(6,22-16)17(13-15)23-24(7,8)19(3,4)5/h9,15-17H,10-13H2,1-8H3/t15?,16-,17?,20?/m1/s1. The van der Waals surface area contributed by atoms with Crippen LogP contribution in [0.15, 0.2) is 11.6 Å². The predicted octanol–water partition coefficient (Wildman–Crippen LogP) is 5.26. The summed E-state index contributed by atoms with van der Waals surface area (Å²) in [7, 11) is -1.88. The maximum atomic E-state index is 12.9. The van der Waals surface area contributed by atoms with Crippen LogP contribution in [0, 0.1) is 5.92 Å². The molecule has 0 radical (unpaired) electrons. The summed E-state index contributed by atoms with van der Waals surface area (Å²) in [5.41, 5.74) is 0.903. The number of Topliss-reactive ketones (excluding diaryl/α,β-unsaturated/α-hetero) is 1. The van der Waals surface area contributed by atoms with E-state index < -0.39 is 8.32 Å². The predicted molar refractivity (Wildman–Crippen MR) is 102 cm³/mol. The van der Waals surface area contributed by atoms with E-state index >= 15 is 0 Å². The van der Waals surface area contributed by atoms with Gasteiger partial charge in [0.25, 0.3) is 0 Å². The van der Waals surface area contributed by atoms with Crippen molar-refractivity contribution in [2.24, 2.45) is 5.92 Å². The number of ketones is 1. The van der Waals surface area contributed by atoms with Crippen LogP contribution in [0.5, 0.6) is 0 Å². The third-order valence-corrected chi connectivity index (χ3v) is 10.8. The van der Waals surface area contributed by atoms with E-state index in [1.807, 2.05) is 0 Å². The van der Waals surface area contributed by atoms with Gasteiger partial charge in [-0.05, 0) is 64.6 Å². The van der Waals surface area contributed by atoms with Crippen molar-refractivity contribution in [3.63, 3.8) is 0 Å². The zero-order chi connectivity index (χ0) is 18.3. The lowest BCUT2D eigenvalue weighted by atomic mass is 9.77. The highest BCUT2D eigenvalue weighted by atomic mass is 28.4. The fourth-order valence-electron chi connectivity index (χ4n) is 3.50. The molecule has 0 aromatic carbocycles. The van der Waals surface area contributed by atoms with Crippen molar-refractivity contribution >= 4 is 14.1 Å². The second-order valence-electron chi connectivity index (χ2n) is 9.68. The maximum absolute atomic E-state index is 12.9.